The summed E-state index contributed by atoms with van der Waals surface area (Å²) in [4.78, 5) is 25.1. The van der Waals surface area contributed by atoms with Gasteiger partial charge in [-0.15, -0.1) is 0 Å². The molecule has 166 valence electrons. The van der Waals surface area contributed by atoms with Gasteiger partial charge in [0.05, 0.1) is 54.1 Å². The van der Waals surface area contributed by atoms with Crippen LogP contribution in [0.5, 0.6) is 5.88 Å². The first-order valence-electron chi connectivity index (χ1n) is 9.97. The van der Waals surface area contributed by atoms with E-state index in [4.69, 9.17) is 4.74 Å². The van der Waals surface area contributed by atoms with E-state index in [1.165, 1.54) is 24.7 Å². The van der Waals surface area contributed by atoms with E-state index >= 15 is 0 Å². The number of carbonyl (C=O) groups excluding carboxylic acids is 1. The second kappa shape index (κ2) is 9.22. The molecule has 3 heterocycles. The number of hydrogen-bond acceptors (Lipinski definition) is 9. The molecule has 3 aromatic rings. The molecule has 0 radical (unpaired) electrons. The Morgan fingerprint density at radius 3 is 2.75 bits per heavy atom. The van der Waals surface area contributed by atoms with Crippen molar-refractivity contribution in [2.45, 2.75) is 31.6 Å². The molecule has 0 atom stereocenters. The fourth-order valence-electron chi connectivity index (χ4n) is 2.82. The Kier molecular flexibility index (Phi) is 6.21. The first-order valence-corrected chi connectivity index (χ1v) is 11.5. The topological polar surface area (TPSA) is 149 Å². The van der Waals surface area contributed by atoms with E-state index < -0.39 is 15.9 Å². The summed E-state index contributed by atoms with van der Waals surface area (Å²) in [5.41, 5.74) is 2.21. The molecule has 1 aliphatic rings. The zero-order valence-electron chi connectivity index (χ0n) is 17.2. The highest BCUT2D eigenvalue weighted by Crippen LogP contribution is 2.29. The van der Waals surface area contributed by atoms with E-state index in [9.17, 15) is 13.2 Å². The maximum Gasteiger partial charge on any atom is 0.270 e. The quantitative estimate of drug-likeness (QED) is 0.490. The SMILES string of the molecule is CCOc1cncc(-c2ccc(C(=O)NCc3cc(NS(=O)(=O)C4CC4)cnn3)nc2)n1. The Morgan fingerprint density at radius 1 is 1.19 bits per heavy atom. The average Bonchev–Trinajstić information content (AvgIpc) is 3.64. The summed E-state index contributed by atoms with van der Waals surface area (Å²) >= 11 is 0. The number of sulfonamides is 1. The van der Waals surface area contributed by atoms with Crippen molar-refractivity contribution >= 4 is 21.6 Å². The molecule has 32 heavy (non-hydrogen) atoms. The molecule has 0 aliphatic heterocycles. The van der Waals surface area contributed by atoms with Crippen molar-refractivity contribution in [1.82, 2.24) is 30.5 Å². The maximum absolute atomic E-state index is 12.4. The monoisotopic (exact) mass is 455 g/mol. The van der Waals surface area contributed by atoms with Gasteiger partial charge in [0.25, 0.3) is 5.91 Å². The van der Waals surface area contributed by atoms with Crippen LogP contribution in [0.1, 0.15) is 35.9 Å². The van der Waals surface area contributed by atoms with E-state index in [0.717, 1.165) is 0 Å². The fraction of sp³-hybridized carbons (Fsp3) is 0.300. The highest BCUT2D eigenvalue weighted by molar-refractivity contribution is 7.93. The molecule has 0 aromatic carbocycles. The number of rotatable bonds is 9. The number of anilines is 1. The van der Waals surface area contributed by atoms with Crippen LogP contribution in [-0.2, 0) is 16.6 Å². The van der Waals surface area contributed by atoms with Crippen molar-refractivity contribution in [1.29, 1.82) is 0 Å². The third-order valence-corrected chi connectivity index (χ3v) is 6.42. The van der Waals surface area contributed by atoms with Crippen molar-refractivity contribution in [2.75, 3.05) is 11.3 Å². The Morgan fingerprint density at radius 2 is 2.03 bits per heavy atom. The number of nitrogens with zero attached hydrogens (tertiary/aromatic N) is 5. The summed E-state index contributed by atoms with van der Waals surface area (Å²) in [6.07, 6.45) is 7.29. The molecule has 11 nitrogen and oxygen atoms in total. The van der Waals surface area contributed by atoms with Crippen molar-refractivity contribution in [3.05, 3.63) is 54.4 Å². The molecule has 0 bridgehead atoms. The van der Waals surface area contributed by atoms with Crippen LogP contribution in [0.15, 0.2) is 43.0 Å². The second-order valence-corrected chi connectivity index (χ2v) is 9.03. The molecule has 12 heteroatoms. The van der Waals surface area contributed by atoms with E-state index in [1.54, 1.807) is 18.3 Å². The second-order valence-electron chi connectivity index (χ2n) is 7.07. The first kappa shape index (κ1) is 21.6. The van der Waals surface area contributed by atoms with Crippen LogP contribution in [-0.4, -0.2) is 51.3 Å². The van der Waals surface area contributed by atoms with Gasteiger partial charge >= 0.3 is 0 Å². The molecule has 0 unspecified atom stereocenters. The summed E-state index contributed by atoms with van der Waals surface area (Å²) in [7, 11) is -3.40. The van der Waals surface area contributed by atoms with Crippen molar-refractivity contribution < 1.29 is 17.9 Å². The highest BCUT2D eigenvalue weighted by Gasteiger charge is 2.35. The van der Waals surface area contributed by atoms with Crippen LogP contribution in [0.25, 0.3) is 11.3 Å². The van der Waals surface area contributed by atoms with Gasteiger partial charge in [-0.25, -0.2) is 13.4 Å². The minimum Gasteiger partial charge on any atom is -0.477 e. The molecule has 1 fully saturated rings. The molecule has 2 N–H and O–H groups in total. The minimum atomic E-state index is -3.40. The number of carbonyl (C=O) groups is 1. The molecule has 1 aliphatic carbocycles. The molecule has 0 spiro atoms. The Bertz CT molecular complexity index is 1210. The normalized spacial score (nSPS) is 13.4. The van der Waals surface area contributed by atoms with Gasteiger partial charge in [0.2, 0.25) is 15.9 Å². The third kappa shape index (κ3) is 5.32. The van der Waals surface area contributed by atoms with Crippen molar-refractivity contribution in [2.24, 2.45) is 0 Å². The van der Waals surface area contributed by atoms with Crippen molar-refractivity contribution in [3.63, 3.8) is 0 Å². The van der Waals surface area contributed by atoms with Gasteiger partial charge in [-0.05, 0) is 38.0 Å². The van der Waals surface area contributed by atoms with Crippen LogP contribution in [0.3, 0.4) is 0 Å². The summed E-state index contributed by atoms with van der Waals surface area (Å²) in [6.45, 7) is 2.41. The fourth-order valence-corrected chi connectivity index (χ4v) is 4.19. The van der Waals surface area contributed by atoms with Gasteiger partial charge in [-0.2, -0.15) is 10.2 Å². The minimum absolute atomic E-state index is 0.0656. The van der Waals surface area contributed by atoms with Crippen molar-refractivity contribution in [3.8, 4) is 17.1 Å². The highest BCUT2D eigenvalue weighted by atomic mass is 32.2. The first-order chi connectivity index (χ1) is 15.4. The molecular formula is C20H21N7O4S. The van der Waals surface area contributed by atoms with Crippen LogP contribution in [0.2, 0.25) is 0 Å². The van der Waals surface area contributed by atoms with Gasteiger partial charge in [-0.3, -0.25) is 19.5 Å². The number of ether oxygens (including phenoxy) is 1. The molecule has 1 saturated carbocycles. The summed E-state index contributed by atoms with van der Waals surface area (Å²) in [5.74, 6) is 0.00560. The molecule has 3 aromatic heterocycles. The molecule has 1 amide bonds. The largest absolute Gasteiger partial charge is 0.477 e. The van der Waals surface area contributed by atoms with Gasteiger partial charge in [-0.1, -0.05) is 0 Å². The Balaban J connectivity index is 1.37. The lowest BCUT2D eigenvalue weighted by Crippen LogP contribution is -2.24. The summed E-state index contributed by atoms with van der Waals surface area (Å²) < 4.78 is 32.0. The molecular weight excluding hydrogens is 434 g/mol. The predicted molar refractivity (Wildman–Crippen MR) is 115 cm³/mol. The standard InChI is InChI=1S/C20H21N7O4S/c1-2-31-19-12-21-11-18(25-19)13-3-6-17(22-8-13)20(28)23-9-14-7-15(10-24-26-14)27-32(29,30)16-4-5-16/h3,6-8,10-12,16H,2,4-5,9H2,1H3,(H,23,28)(H,26,27). The van der Waals surface area contributed by atoms with Gasteiger partial charge in [0.1, 0.15) is 5.69 Å². The Hall–Kier alpha value is -3.67. The average molecular weight is 456 g/mol. The van der Waals surface area contributed by atoms with E-state index in [2.05, 4.69) is 35.2 Å². The number of hydrogen-bond donors (Lipinski definition) is 2. The van der Waals surface area contributed by atoms with Crippen LogP contribution in [0, 0.1) is 0 Å². The van der Waals surface area contributed by atoms with Gasteiger partial charge in [0.15, 0.2) is 0 Å². The zero-order valence-corrected chi connectivity index (χ0v) is 18.0. The number of nitrogens with one attached hydrogen (secondary N) is 2. The van der Waals surface area contributed by atoms with Gasteiger partial charge in [0, 0.05) is 11.8 Å². The zero-order chi connectivity index (χ0) is 22.6. The summed E-state index contributed by atoms with van der Waals surface area (Å²) in [5, 5.41) is 10.1. The van der Waals surface area contributed by atoms with Crippen LogP contribution in [0.4, 0.5) is 5.69 Å². The lowest BCUT2D eigenvalue weighted by atomic mass is 10.2. The van der Waals surface area contributed by atoms with E-state index in [0.29, 0.717) is 48.0 Å². The Labute approximate surface area is 184 Å². The lowest BCUT2D eigenvalue weighted by molar-refractivity contribution is 0.0945. The smallest absolute Gasteiger partial charge is 0.270 e. The number of amides is 1. The maximum atomic E-state index is 12.4. The van der Waals surface area contributed by atoms with Crippen LogP contribution >= 0.6 is 0 Å². The van der Waals surface area contributed by atoms with Gasteiger partial charge < -0.3 is 10.1 Å². The van der Waals surface area contributed by atoms with E-state index in [1.807, 2.05) is 6.92 Å². The van der Waals surface area contributed by atoms with Crippen LogP contribution < -0.4 is 14.8 Å². The number of aromatic nitrogens is 5. The predicted octanol–water partition coefficient (Wildman–Crippen LogP) is 1.56. The van der Waals surface area contributed by atoms with E-state index in [-0.39, 0.29) is 17.5 Å². The number of pyridine rings is 1. The third-order valence-electron chi connectivity index (χ3n) is 4.56. The summed E-state index contributed by atoms with van der Waals surface area (Å²) in [6, 6.07) is 4.83. The molecule has 0 saturated heterocycles. The lowest BCUT2D eigenvalue weighted by Gasteiger charge is -2.08. The molecule has 4 rings (SSSR count).